The Balaban J connectivity index is 2.35. The minimum Gasteiger partial charge on any atom is -0.352 e. The van der Waals surface area contributed by atoms with Crippen molar-refractivity contribution in [1.29, 1.82) is 0 Å². The molecule has 1 aliphatic heterocycles. The third-order valence-electron chi connectivity index (χ3n) is 3.56. The summed E-state index contributed by atoms with van der Waals surface area (Å²) in [5.41, 5.74) is 0. The highest BCUT2D eigenvalue weighted by Crippen LogP contribution is 2.10. The zero-order valence-corrected chi connectivity index (χ0v) is 12.3. The van der Waals surface area contributed by atoms with Crippen LogP contribution in [0.15, 0.2) is 0 Å². The number of hydrogen-bond donors (Lipinski definition) is 2. The molecule has 1 amide bonds. The first-order chi connectivity index (χ1) is 8.49. The van der Waals surface area contributed by atoms with Crippen LogP contribution in [0.2, 0.25) is 0 Å². The molecule has 0 aliphatic carbocycles. The van der Waals surface area contributed by atoms with E-state index in [1.54, 1.807) is 0 Å². The van der Waals surface area contributed by atoms with E-state index in [1.807, 2.05) is 14.1 Å². The molecule has 2 unspecified atom stereocenters. The topological polar surface area (TPSA) is 44.4 Å². The fraction of sp³-hybridized carbons (Fsp3) is 0.929. The SMILES string of the molecule is CC(C)C(CN(C)C)NC(=O)CC1CCCCN1. The summed E-state index contributed by atoms with van der Waals surface area (Å²) in [5, 5.41) is 6.60. The Hall–Kier alpha value is -0.610. The fourth-order valence-electron chi connectivity index (χ4n) is 2.40. The van der Waals surface area contributed by atoms with Crippen LogP contribution in [-0.2, 0) is 4.79 Å². The van der Waals surface area contributed by atoms with Crippen molar-refractivity contribution in [2.45, 2.75) is 51.6 Å². The molecule has 0 aromatic carbocycles. The first kappa shape index (κ1) is 15.4. The molecule has 0 aromatic heterocycles. The maximum Gasteiger partial charge on any atom is 0.221 e. The van der Waals surface area contributed by atoms with E-state index in [4.69, 9.17) is 0 Å². The van der Waals surface area contributed by atoms with Gasteiger partial charge in [0.1, 0.15) is 0 Å². The van der Waals surface area contributed by atoms with Gasteiger partial charge >= 0.3 is 0 Å². The summed E-state index contributed by atoms with van der Waals surface area (Å²) in [4.78, 5) is 14.2. The average molecular weight is 255 g/mol. The Morgan fingerprint density at radius 1 is 1.39 bits per heavy atom. The van der Waals surface area contributed by atoms with Crippen LogP contribution in [0.5, 0.6) is 0 Å². The lowest BCUT2D eigenvalue weighted by atomic mass is 10.00. The van der Waals surface area contributed by atoms with Gasteiger partial charge in [0.05, 0.1) is 0 Å². The molecule has 0 radical (unpaired) electrons. The van der Waals surface area contributed by atoms with Crippen molar-refractivity contribution in [3.63, 3.8) is 0 Å². The van der Waals surface area contributed by atoms with Gasteiger partial charge in [-0.05, 0) is 39.4 Å². The number of amides is 1. The zero-order valence-electron chi connectivity index (χ0n) is 12.3. The number of nitrogens with zero attached hydrogens (tertiary/aromatic N) is 1. The van der Waals surface area contributed by atoms with Crippen LogP contribution < -0.4 is 10.6 Å². The van der Waals surface area contributed by atoms with Gasteiger partial charge in [0.25, 0.3) is 0 Å². The smallest absolute Gasteiger partial charge is 0.221 e. The molecule has 0 bridgehead atoms. The van der Waals surface area contributed by atoms with E-state index in [2.05, 4.69) is 29.4 Å². The summed E-state index contributed by atoms with van der Waals surface area (Å²) in [6.07, 6.45) is 4.24. The number of hydrogen-bond acceptors (Lipinski definition) is 3. The van der Waals surface area contributed by atoms with Gasteiger partial charge in [0.2, 0.25) is 5.91 Å². The summed E-state index contributed by atoms with van der Waals surface area (Å²) < 4.78 is 0. The van der Waals surface area contributed by atoms with Crippen molar-refractivity contribution in [3.05, 3.63) is 0 Å². The Morgan fingerprint density at radius 2 is 2.11 bits per heavy atom. The lowest BCUT2D eigenvalue weighted by molar-refractivity contribution is -0.122. The van der Waals surface area contributed by atoms with E-state index >= 15 is 0 Å². The quantitative estimate of drug-likeness (QED) is 0.750. The minimum absolute atomic E-state index is 0.190. The van der Waals surface area contributed by atoms with E-state index < -0.39 is 0 Å². The third-order valence-corrected chi connectivity index (χ3v) is 3.56. The monoisotopic (exact) mass is 255 g/mol. The van der Waals surface area contributed by atoms with Gasteiger partial charge < -0.3 is 15.5 Å². The number of carbonyl (C=O) groups is 1. The van der Waals surface area contributed by atoms with Crippen LogP contribution in [0.3, 0.4) is 0 Å². The second-order valence-corrected chi connectivity index (χ2v) is 6.03. The lowest BCUT2D eigenvalue weighted by Gasteiger charge is -2.28. The van der Waals surface area contributed by atoms with Gasteiger partial charge in [-0.25, -0.2) is 0 Å². The summed E-state index contributed by atoms with van der Waals surface area (Å²) in [7, 11) is 4.09. The second kappa shape index (κ2) is 7.74. The van der Waals surface area contributed by atoms with E-state index in [1.165, 1.54) is 12.8 Å². The highest BCUT2D eigenvalue weighted by molar-refractivity contribution is 5.77. The molecule has 0 saturated carbocycles. The molecular formula is C14H29N3O. The standard InChI is InChI=1S/C14H29N3O/c1-11(2)13(10-17(3)4)16-14(18)9-12-7-5-6-8-15-12/h11-13,15H,5-10H2,1-4H3,(H,16,18). The van der Waals surface area contributed by atoms with Crippen LogP contribution in [-0.4, -0.2) is 50.1 Å². The molecule has 1 rings (SSSR count). The predicted octanol–water partition coefficient (Wildman–Crippen LogP) is 1.22. The van der Waals surface area contributed by atoms with Crippen LogP contribution in [0, 0.1) is 5.92 Å². The summed E-state index contributed by atoms with van der Waals surface area (Å²) in [6, 6.07) is 0.627. The summed E-state index contributed by atoms with van der Waals surface area (Å²) in [5.74, 6) is 0.658. The molecule has 4 nitrogen and oxygen atoms in total. The molecule has 4 heteroatoms. The van der Waals surface area contributed by atoms with Crippen LogP contribution >= 0.6 is 0 Å². The van der Waals surface area contributed by atoms with Crippen molar-refractivity contribution in [2.24, 2.45) is 5.92 Å². The second-order valence-electron chi connectivity index (χ2n) is 6.03. The number of likely N-dealkylation sites (N-methyl/N-ethyl adjacent to an activating group) is 1. The fourth-order valence-corrected chi connectivity index (χ4v) is 2.40. The van der Waals surface area contributed by atoms with Gasteiger partial charge in [-0.3, -0.25) is 4.79 Å². The van der Waals surface area contributed by atoms with Crippen molar-refractivity contribution in [3.8, 4) is 0 Å². The Morgan fingerprint density at radius 3 is 2.61 bits per heavy atom. The molecule has 1 saturated heterocycles. The number of piperidine rings is 1. The molecule has 2 atom stereocenters. The minimum atomic E-state index is 0.190. The highest BCUT2D eigenvalue weighted by atomic mass is 16.1. The van der Waals surface area contributed by atoms with E-state index in [9.17, 15) is 4.79 Å². The Labute approximate surface area is 111 Å². The van der Waals surface area contributed by atoms with Crippen LogP contribution in [0.4, 0.5) is 0 Å². The molecular weight excluding hydrogens is 226 g/mol. The molecule has 18 heavy (non-hydrogen) atoms. The molecule has 2 N–H and O–H groups in total. The van der Waals surface area contributed by atoms with Crippen molar-refractivity contribution in [2.75, 3.05) is 27.2 Å². The van der Waals surface area contributed by atoms with Gasteiger partial charge in [0.15, 0.2) is 0 Å². The first-order valence-electron chi connectivity index (χ1n) is 7.16. The Kier molecular flexibility index (Phi) is 6.65. The predicted molar refractivity (Wildman–Crippen MR) is 75.6 cm³/mol. The van der Waals surface area contributed by atoms with E-state index in [-0.39, 0.29) is 11.9 Å². The maximum atomic E-state index is 12.0. The van der Waals surface area contributed by atoms with Crippen molar-refractivity contribution >= 4 is 5.91 Å². The lowest BCUT2D eigenvalue weighted by Crippen LogP contribution is -2.47. The molecule has 0 spiro atoms. The van der Waals surface area contributed by atoms with Gasteiger partial charge in [-0.2, -0.15) is 0 Å². The molecule has 0 aromatic rings. The largest absolute Gasteiger partial charge is 0.352 e. The van der Waals surface area contributed by atoms with Gasteiger partial charge in [-0.1, -0.05) is 20.3 Å². The van der Waals surface area contributed by atoms with Crippen molar-refractivity contribution in [1.82, 2.24) is 15.5 Å². The van der Waals surface area contributed by atoms with Crippen LogP contribution in [0.25, 0.3) is 0 Å². The van der Waals surface area contributed by atoms with Gasteiger partial charge in [0, 0.05) is 25.0 Å². The average Bonchev–Trinajstić information content (AvgIpc) is 2.28. The first-order valence-corrected chi connectivity index (χ1v) is 7.16. The normalized spacial score (nSPS) is 22.2. The molecule has 1 fully saturated rings. The van der Waals surface area contributed by atoms with Crippen LogP contribution in [0.1, 0.15) is 39.5 Å². The van der Waals surface area contributed by atoms with Gasteiger partial charge in [-0.15, -0.1) is 0 Å². The van der Waals surface area contributed by atoms with Crippen molar-refractivity contribution < 1.29 is 4.79 Å². The molecule has 1 aliphatic rings. The number of rotatable bonds is 6. The highest BCUT2D eigenvalue weighted by Gasteiger charge is 2.20. The third kappa shape index (κ3) is 5.83. The molecule has 106 valence electrons. The Bertz CT molecular complexity index is 247. The van der Waals surface area contributed by atoms with E-state index in [0.29, 0.717) is 18.4 Å². The molecule has 1 heterocycles. The number of carbonyl (C=O) groups excluding carboxylic acids is 1. The maximum absolute atomic E-state index is 12.0. The summed E-state index contributed by atoms with van der Waals surface area (Å²) >= 11 is 0. The van der Waals surface area contributed by atoms with E-state index in [0.717, 1.165) is 19.5 Å². The summed E-state index contributed by atoms with van der Waals surface area (Å²) in [6.45, 7) is 6.28. The number of nitrogens with one attached hydrogen (secondary N) is 2. The zero-order chi connectivity index (χ0) is 13.5.